The van der Waals surface area contributed by atoms with Gasteiger partial charge in [0.1, 0.15) is 5.82 Å². The summed E-state index contributed by atoms with van der Waals surface area (Å²) in [6, 6.07) is 4.97. The van der Waals surface area contributed by atoms with Crippen molar-refractivity contribution in [1.82, 2.24) is 0 Å². The molecule has 0 spiro atoms. The van der Waals surface area contributed by atoms with Gasteiger partial charge in [-0.2, -0.15) is 5.06 Å². The molecule has 3 nitrogen and oxygen atoms in total. The van der Waals surface area contributed by atoms with Gasteiger partial charge in [0.2, 0.25) is 5.91 Å². The number of hydrogen-bond donors (Lipinski definition) is 1. The van der Waals surface area contributed by atoms with Crippen molar-refractivity contribution in [2.24, 2.45) is 0 Å². The molecule has 1 aromatic rings. The molecular weight excluding hydrogens is 161 g/mol. The highest BCUT2D eigenvalue weighted by Gasteiger charge is 2.06. The molecule has 0 aromatic heterocycles. The number of benzene rings is 1. The molecule has 0 aliphatic rings. The fourth-order valence-corrected chi connectivity index (χ4v) is 0.764. The maximum absolute atomic E-state index is 12.4. The zero-order chi connectivity index (χ0) is 9.14. The van der Waals surface area contributed by atoms with Crippen LogP contribution >= 0.6 is 0 Å². The molecule has 1 rings (SSSR count). The Bertz CT molecular complexity index is 284. The lowest BCUT2D eigenvalue weighted by molar-refractivity contribution is -0.121. The predicted octanol–water partition coefficient (Wildman–Crippen LogP) is 1.57. The quantitative estimate of drug-likeness (QED) is 0.512. The van der Waals surface area contributed by atoms with Crippen LogP contribution in [0.2, 0.25) is 0 Å². The predicted molar refractivity (Wildman–Crippen MR) is 41.3 cm³/mol. The third kappa shape index (κ3) is 1.79. The molecule has 0 atom stereocenters. The van der Waals surface area contributed by atoms with E-state index in [1.165, 1.54) is 31.2 Å². The Balaban J connectivity index is 2.89. The summed E-state index contributed by atoms with van der Waals surface area (Å²) in [5.74, 6) is -0.919. The van der Waals surface area contributed by atoms with Crippen LogP contribution in [-0.2, 0) is 4.79 Å². The van der Waals surface area contributed by atoms with Crippen LogP contribution < -0.4 is 5.06 Å². The lowest BCUT2D eigenvalue weighted by Crippen LogP contribution is -2.23. The van der Waals surface area contributed by atoms with Crippen molar-refractivity contribution in [1.29, 1.82) is 0 Å². The van der Waals surface area contributed by atoms with Crippen LogP contribution in [0.4, 0.5) is 10.1 Å². The van der Waals surface area contributed by atoms with Crippen LogP contribution in [0.1, 0.15) is 6.92 Å². The summed E-state index contributed by atoms with van der Waals surface area (Å²) in [4.78, 5) is 10.6. The van der Waals surface area contributed by atoms with Gasteiger partial charge in [-0.25, -0.2) is 4.39 Å². The van der Waals surface area contributed by atoms with Crippen LogP contribution in [0.15, 0.2) is 24.3 Å². The van der Waals surface area contributed by atoms with Crippen molar-refractivity contribution in [3.05, 3.63) is 30.1 Å². The average Bonchev–Trinajstić information content (AvgIpc) is 2.04. The van der Waals surface area contributed by atoms with Gasteiger partial charge in [0.05, 0.1) is 5.69 Å². The molecule has 0 saturated carbocycles. The number of amides is 1. The zero-order valence-electron chi connectivity index (χ0n) is 6.49. The maximum atomic E-state index is 12.4. The van der Waals surface area contributed by atoms with Crippen molar-refractivity contribution in [3.63, 3.8) is 0 Å². The Morgan fingerprint density at radius 1 is 1.42 bits per heavy atom. The second-order valence-electron chi connectivity index (χ2n) is 2.31. The topological polar surface area (TPSA) is 40.5 Å². The minimum Gasteiger partial charge on any atom is -0.281 e. The zero-order valence-corrected chi connectivity index (χ0v) is 6.49. The Morgan fingerprint density at radius 3 is 2.33 bits per heavy atom. The Morgan fingerprint density at radius 2 is 1.92 bits per heavy atom. The summed E-state index contributed by atoms with van der Waals surface area (Å²) in [7, 11) is 0. The molecule has 1 amide bonds. The SMILES string of the molecule is CC(=O)N(O)c1ccc(F)cc1. The van der Waals surface area contributed by atoms with Crippen molar-refractivity contribution >= 4 is 11.6 Å². The number of nitrogens with zero attached hydrogens (tertiary/aromatic N) is 1. The molecule has 12 heavy (non-hydrogen) atoms. The Kier molecular flexibility index (Phi) is 2.40. The molecule has 64 valence electrons. The lowest BCUT2D eigenvalue weighted by atomic mass is 10.3. The number of halogens is 1. The summed E-state index contributed by atoms with van der Waals surface area (Å²) in [6.07, 6.45) is 0. The van der Waals surface area contributed by atoms with Crippen LogP contribution in [-0.4, -0.2) is 11.1 Å². The van der Waals surface area contributed by atoms with E-state index in [0.717, 1.165) is 0 Å². The van der Waals surface area contributed by atoms with E-state index in [1.807, 2.05) is 0 Å². The lowest BCUT2D eigenvalue weighted by Gasteiger charge is -2.11. The fourth-order valence-electron chi connectivity index (χ4n) is 0.764. The third-order valence-electron chi connectivity index (χ3n) is 1.37. The number of hydrogen-bond acceptors (Lipinski definition) is 2. The van der Waals surface area contributed by atoms with Crippen LogP contribution in [0.25, 0.3) is 0 Å². The first-order chi connectivity index (χ1) is 5.61. The van der Waals surface area contributed by atoms with Gasteiger partial charge >= 0.3 is 0 Å². The smallest absolute Gasteiger partial charge is 0.247 e. The van der Waals surface area contributed by atoms with Gasteiger partial charge in [-0.15, -0.1) is 0 Å². The first-order valence-corrected chi connectivity index (χ1v) is 3.36. The van der Waals surface area contributed by atoms with Crippen molar-refractivity contribution in [2.45, 2.75) is 6.92 Å². The second kappa shape index (κ2) is 3.32. The minimum absolute atomic E-state index is 0.254. The Labute approximate surface area is 69.0 Å². The number of anilines is 1. The first-order valence-electron chi connectivity index (χ1n) is 3.36. The minimum atomic E-state index is -0.512. The molecule has 0 heterocycles. The first kappa shape index (κ1) is 8.67. The van der Waals surface area contributed by atoms with E-state index in [1.54, 1.807) is 0 Å². The summed E-state index contributed by atoms with van der Waals surface area (Å²) in [5.41, 5.74) is 0.254. The highest BCUT2D eigenvalue weighted by Crippen LogP contribution is 2.12. The molecule has 0 aliphatic carbocycles. The van der Waals surface area contributed by atoms with Gasteiger partial charge in [-0.1, -0.05) is 0 Å². The monoisotopic (exact) mass is 169 g/mol. The number of rotatable bonds is 1. The van der Waals surface area contributed by atoms with E-state index in [9.17, 15) is 9.18 Å². The van der Waals surface area contributed by atoms with E-state index in [2.05, 4.69) is 0 Å². The van der Waals surface area contributed by atoms with Gasteiger partial charge in [-0.3, -0.25) is 10.0 Å². The largest absolute Gasteiger partial charge is 0.281 e. The number of hydroxylamine groups is 1. The van der Waals surface area contributed by atoms with E-state index in [-0.39, 0.29) is 5.69 Å². The molecule has 1 N–H and O–H groups in total. The van der Waals surface area contributed by atoms with E-state index < -0.39 is 11.7 Å². The molecule has 4 heteroatoms. The van der Waals surface area contributed by atoms with Gasteiger partial charge in [0.15, 0.2) is 0 Å². The van der Waals surface area contributed by atoms with E-state index in [0.29, 0.717) is 5.06 Å². The molecule has 0 unspecified atom stereocenters. The van der Waals surface area contributed by atoms with E-state index in [4.69, 9.17) is 5.21 Å². The molecule has 1 aromatic carbocycles. The molecule has 0 bridgehead atoms. The standard InChI is InChI=1S/C8H8FNO2/c1-6(11)10(12)8-4-2-7(9)3-5-8/h2-5,12H,1H3. The summed E-state index contributed by atoms with van der Waals surface area (Å²) in [6.45, 7) is 1.21. The van der Waals surface area contributed by atoms with Crippen molar-refractivity contribution in [3.8, 4) is 0 Å². The molecular formula is C8H8FNO2. The third-order valence-corrected chi connectivity index (χ3v) is 1.37. The summed E-state index contributed by atoms with van der Waals surface area (Å²) in [5, 5.41) is 9.51. The molecule has 0 fully saturated rings. The highest BCUT2D eigenvalue weighted by atomic mass is 19.1. The number of carbonyl (C=O) groups is 1. The fraction of sp³-hybridized carbons (Fsp3) is 0.125. The number of carbonyl (C=O) groups excluding carboxylic acids is 1. The van der Waals surface area contributed by atoms with Crippen LogP contribution in [0.5, 0.6) is 0 Å². The highest BCUT2D eigenvalue weighted by molar-refractivity contribution is 5.88. The van der Waals surface area contributed by atoms with Gasteiger partial charge in [0.25, 0.3) is 0 Å². The van der Waals surface area contributed by atoms with Crippen molar-refractivity contribution < 1.29 is 14.4 Å². The normalized spacial score (nSPS) is 9.58. The van der Waals surface area contributed by atoms with Gasteiger partial charge < -0.3 is 0 Å². The van der Waals surface area contributed by atoms with Crippen LogP contribution in [0, 0.1) is 5.82 Å². The maximum Gasteiger partial charge on any atom is 0.247 e. The average molecular weight is 169 g/mol. The van der Waals surface area contributed by atoms with Gasteiger partial charge in [-0.05, 0) is 24.3 Å². The van der Waals surface area contributed by atoms with Gasteiger partial charge in [0, 0.05) is 6.92 Å². The van der Waals surface area contributed by atoms with Crippen molar-refractivity contribution in [2.75, 3.05) is 5.06 Å². The van der Waals surface area contributed by atoms with Crippen LogP contribution in [0.3, 0.4) is 0 Å². The second-order valence-corrected chi connectivity index (χ2v) is 2.31. The summed E-state index contributed by atoms with van der Waals surface area (Å²) >= 11 is 0. The molecule has 0 radical (unpaired) electrons. The Hall–Kier alpha value is -1.42. The summed E-state index contributed by atoms with van der Waals surface area (Å²) < 4.78 is 12.4. The van der Waals surface area contributed by atoms with E-state index >= 15 is 0 Å². The molecule has 0 aliphatic heterocycles. The molecule has 0 saturated heterocycles.